The zero-order valence-electron chi connectivity index (χ0n) is 16.9. The predicted octanol–water partition coefficient (Wildman–Crippen LogP) is 2.90. The molecule has 0 saturated carbocycles. The molecule has 8 heteroatoms. The Morgan fingerprint density at radius 1 is 1.20 bits per heavy atom. The molecule has 1 N–H and O–H groups in total. The monoisotopic (exact) mass is 467 g/mol. The number of halogens is 1. The SMILES string of the molecule is Cc1cccc(O)c1CN1CCN(c2c(C#N)c(=O)n(C)c3ccc(Br)nc23)CC1. The van der Waals surface area contributed by atoms with Crippen LogP contribution in [0.1, 0.15) is 16.7 Å². The molecule has 3 aromatic rings. The molecule has 4 rings (SSSR count). The Bertz CT molecular complexity index is 1200. The van der Waals surface area contributed by atoms with Crippen molar-refractivity contribution in [2.24, 2.45) is 7.05 Å². The van der Waals surface area contributed by atoms with Gasteiger partial charge in [-0.15, -0.1) is 0 Å². The summed E-state index contributed by atoms with van der Waals surface area (Å²) < 4.78 is 2.14. The number of hydrogen-bond acceptors (Lipinski definition) is 6. The Kier molecular flexibility index (Phi) is 5.50. The van der Waals surface area contributed by atoms with E-state index < -0.39 is 0 Å². The lowest BCUT2D eigenvalue weighted by Gasteiger charge is -2.37. The maximum absolute atomic E-state index is 12.8. The highest BCUT2D eigenvalue weighted by Crippen LogP contribution is 2.30. The van der Waals surface area contributed by atoms with E-state index in [9.17, 15) is 15.2 Å². The molecule has 0 spiro atoms. The smallest absolute Gasteiger partial charge is 0.270 e. The summed E-state index contributed by atoms with van der Waals surface area (Å²) in [5.74, 6) is 0.316. The maximum Gasteiger partial charge on any atom is 0.270 e. The van der Waals surface area contributed by atoms with Gasteiger partial charge in [0, 0.05) is 45.3 Å². The molecule has 0 bridgehead atoms. The highest BCUT2D eigenvalue weighted by atomic mass is 79.9. The fourth-order valence-corrected chi connectivity index (χ4v) is 4.33. The number of benzene rings is 1. The quantitative estimate of drug-likeness (QED) is 0.596. The van der Waals surface area contributed by atoms with Gasteiger partial charge in [-0.25, -0.2) is 4.98 Å². The average Bonchev–Trinajstić information content (AvgIpc) is 2.74. The first kappa shape index (κ1) is 20.4. The van der Waals surface area contributed by atoms with E-state index in [0.29, 0.717) is 46.7 Å². The van der Waals surface area contributed by atoms with Crippen LogP contribution in [-0.4, -0.2) is 45.7 Å². The summed E-state index contributed by atoms with van der Waals surface area (Å²) in [6.45, 7) is 5.50. The van der Waals surface area contributed by atoms with E-state index in [1.54, 1.807) is 19.2 Å². The second-order valence-corrected chi connectivity index (χ2v) is 8.35. The summed E-state index contributed by atoms with van der Waals surface area (Å²) in [5, 5.41) is 19.9. The Balaban J connectivity index is 1.65. The molecule has 1 aliphatic rings. The lowest BCUT2D eigenvalue weighted by atomic mass is 10.1. The molecule has 30 heavy (non-hydrogen) atoms. The third-order valence-corrected chi connectivity index (χ3v) is 6.19. The highest BCUT2D eigenvalue weighted by molar-refractivity contribution is 9.10. The van der Waals surface area contributed by atoms with Crippen molar-refractivity contribution in [3.8, 4) is 11.8 Å². The van der Waals surface area contributed by atoms with Gasteiger partial charge >= 0.3 is 0 Å². The van der Waals surface area contributed by atoms with E-state index in [2.05, 4.69) is 36.8 Å². The zero-order chi connectivity index (χ0) is 21.4. The van der Waals surface area contributed by atoms with Crippen LogP contribution in [0.25, 0.3) is 11.0 Å². The number of aromatic hydroxyl groups is 1. The molecule has 1 fully saturated rings. The Hall–Kier alpha value is -2.89. The normalized spacial score (nSPS) is 14.8. The maximum atomic E-state index is 12.8. The summed E-state index contributed by atoms with van der Waals surface area (Å²) in [7, 11) is 1.66. The molecule has 0 amide bonds. The van der Waals surface area contributed by atoms with E-state index in [4.69, 9.17) is 0 Å². The van der Waals surface area contributed by atoms with Crippen molar-refractivity contribution in [2.75, 3.05) is 31.1 Å². The molecule has 1 aromatic carbocycles. The minimum atomic E-state index is -0.309. The van der Waals surface area contributed by atoms with Crippen LogP contribution in [0.5, 0.6) is 5.75 Å². The molecule has 1 saturated heterocycles. The van der Waals surface area contributed by atoms with Gasteiger partial charge in [0.1, 0.15) is 27.5 Å². The molecule has 0 radical (unpaired) electrons. The van der Waals surface area contributed by atoms with Crippen molar-refractivity contribution in [3.63, 3.8) is 0 Å². The lowest BCUT2D eigenvalue weighted by Crippen LogP contribution is -2.47. The number of phenolic OH excluding ortho intramolecular Hbond substituents is 1. The summed E-state index contributed by atoms with van der Waals surface area (Å²) >= 11 is 3.41. The molecule has 1 aliphatic heterocycles. The fourth-order valence-electron chi connectivity index (χ4n) is 4.02. The largest absolute Gasteiger partial charge is 0.508 e. The number of aryl methyl sites for hydroxylation is 2. The van der Waals surface area contributed by atoms with Crippen LogP contribution in [0, 0.1) is 18.3 Å². The van der Waals surface area contributed by atoms with E-state index in [0.717, 1.165) is 24.2 Å². The van der Waals surface area contributed by atoms with Gasteiger partial charge in [-0.1, -0.05) is 12.1 Å². The van der Waals surface area contributed by atoms with Crippen LogP contribution in [0.3, 0.4) is 0 Å². The van der Waals surface area contributed by atoms with Crippen molar-refractivity contribution >= 4 is 32.7 Å². The van der Waals surface area contributed by atoms with Crippen LogP contribution < -0.4 is 10.5 Å². The molecular formula is C22H22BrN5O2. The topological polar surface area (TPSA) is 85.4 Å². The zero-order valence-corrected chi connectivity index (χ0v) is 18.5. The Morgan fingerprint density at radius 3 is 2.60 bits per heavy atom. The van der Waals surface area contributed by atoms with Crippen molar-refractivity contribution in [2.45, 2.75) is 13.5 Å². The van der Waals surface area contributed by atoms with Crippen LogP contribution in [0.15, 0.2) is 39.7 Å². The molecule has 0 atom stereocenters. The molecule has 0 aliphatic carbocycles. The molecule has 2 aromatic heterocycles. The van der Waals surface area contributed by atoms with Crippen molar-refractivity contribution < 1.29 is 5.11 Å². The van der Waals surface area contributed by atoms with Gasteiger partial charge in [0.05, 0.1) is 11.2 Å². The van der Waals surface area contributed by atoms with Crippen molar-refractivity contribution in [1.29, 1.82) is 5.26 Å². The second-order valence-electron chi connectivity index (χ2n) is 7.54. The van der Waals surface area contributed by atoms with Crippen molar-refractivity contribution in [3.05, 3.63) is 62.0 Å². The van der Waals surface area contributed by atoms with Gasteiger partial charge in [0.25, 0.3) is 5.56 Å². The van der Waals surface area contributed by atoms with Crippen molar-refractivity contribution in [1.82, 2.24) is 14.5 Å². The number of aromatic nitrogens is 2. The highest BCUT2D eigenvalue weighted by Gasteiger charge is 2.25. The minimum Gasteiger partial charge on any atom is -0.508 e. The van der Waals surface area contributed by atoms with Gasteiger partial charge in [0.2, 0.25) is 0 Å². The van der Waals surface area contributed by atoms with Gasteiger partial charge in [0.15, 0.2) is 0 Å². The van der Waals surface area contributed by atoms with E-state index in [1.807, 2.05) is 25.1 Å². The van der Waals surface area contributed by atoms with Crippen LogP contribution in [0.2, 0.25) is 0 Å². The summed E-state index contributed by atoms with van der Waals surface area (Å²) in [4.78, 5) is 21.7. The summed E-state index contributed by atoms with van der Waals surface area (Å²) in [6, 6.07) is 11.3. The van der Waals surface area contributed by atoms with E-state index in [1.165, 1.54) is 4.57 Å². The third kappa shape index (κ3) is 3.55. The first-order valence-electron chi connectivity index (χ1n) is 9.74. The van der Waals surface area contributed by atoms with Crippen LogP contribution in [-0.2, 0) is 13.6 Å². The molecule has 154 valence electrons. The number of pyridine rings is 2. The van der Waals surface area contributed by atoms with Gasteiger partial charge in [-0.2, -0.15) is 5.26 Å². The standard InChI is InChI=1S/C22H22BrN5O2/c1-14-4-3-5-18(29)16(14)13-27-8-10-28(11-9-27)21-15(12-24)22(30)26(2)17-6-7-19(23)25-20(17)21/h3-7,29H,8-11,13H2,1-2H3. The summed E-state index contributed by atoms with van der Waals surface area (Å²) in [5.41, 5.74) is 3.77. The lowest BCUT2D eigenvalue weighted by molar-refractivity contribution is 0.246. The number of nitriles is 1. The average molecular weight is 468 g/mol. The molecule has 7 nitrogen and oxygen atoms in total. The number of hydrogen-bond donors (Lipinski definition) is 1. The number of piperazine rings is 1. The van der Waals surface area contributed by atoms with Gasteiger partial charge < -0.3 is 14.6 Å². The van der Waals surface area contributed by atoms with E-state index >= 15 is 0 Å². The number of phenols is 1. The summed E-state index contributed by atoms with van der Waals surface area (Å²) in [6.07, 6.45) is 0. The van der Waals surface area contributed by atoms with Gasteiger partial charge in [-0.3, -0.25) is 9.69 Å². The first-order valence-corrected chi connectivity index (χ1v) is 10.5. The molecule has 0 unspecified atom stereocenters. The Morgan fingerprint density at radius 2 is 1.93 bits per heavy atom. The molecular weight excluding hydrogens is 446 g/mol. The van der Waals surface area contributed by atoms with Crippen LogP contribution in [0.4, 0.5) is 5.69 Å². The van der Waals surface area contributed by atoms with E-state index in [-0.39, 0.29) is 11.1 Å². The predicted molar refractivity (Wildman–Crippen MR) is 120 cm³/mol. The number of nitrogens with zero attached hydrogens (tertiary/aromatic N) is 5. The fraction of sp³-hybridized carbons (Fsp3) is 0.318. The first-order chi connectivity index (χ1) is 14.4. The molecule has 3 heterocycles. The van der Waals surface area contributed by atoms with Crippen LogP contribution >= 0.6 is 15.9 Å². The van der Waals surface area contributed by atoms with Gasteiger partial charge in [-0.05, 0) is 46.6 Å². The second kappa shape index (κ2) is 8.09. The number of rotatable bonds is 3. The third-order valence-electron chi connectivity index (χ3n) is 5.75. The minimum absolute atomic E-state index is 0.126. The number of anilines is 1. The Labute approximate surface area is 182 Å². The number of fused-ring (bicyclic) bond motifs is 1.